The van der Waals surface area contributed by atoms with Gasteiger partial charge < -0.3 is 4.74 Å². The minimum atomic E-state index is 0.628. The van der Waals surface area contributed by atoms with Crippen molar-refractivity contribution in [1.29, 1.82) is 0 Å². The Balaban J connectivity index is 2.38. The second-order valence-electron chi connectivity index (χ2n) is 3.37. The topological polar surface area (TPSA) is 21.6 Å². The fraction of sp³-hybridized carbons (Fsp3) is 0.154. The molecule has 2 nitrogen and oxygen atoms in total. The third-order valence-electron chi connectivity index (χ3n) is 2.28. The van der Waals surface area contributed by atoms with E-state index in [4.69, 9.17) is 4.74 Å². The van der Waals surface area contributed by atoms with E-state index in [-0.39, 0.29) is 0 Å². The predicted octanol–water partition coefficient (Wildman–Crippen LogP) is 2.93. The molecule has 0 amide bonds. The summed E-state index contributed by atoms with van der Waals surface area (Å²) < 4.78 is 5.11. The number of hydrogen-bond donors (Lipinski definition) is 0. The molecule has 2 bridgehead atoms. The number of rotatable bonds is 0. The van der Waals surface area contributed by atoms with Crippen LogP contribution in [0.5, 0.6) is 0 Å². The van der Waals surface area contributed by atoms with Crippen LogP contribution in [0.15, 0.2) is 64.9 Å². The molecule has 15 heavy (non-hydrogen) atoms. The Bertz CT molecular complexity index is 420. The van der Waals surface area contributed by atoms with Crippen LogP contribution in [-0.2, 0) is 4.74 Å². The van der Waals surface area contributed by atoms with Gasteiger partial charge in [0.25, 0.3) is 0 Å². The first-order valence-electron chi connectivity index (χ1n) is 4.91. The first kappa shape index (κ1) is 9.71. The summed E-state index contributed by atoms with van der Waals surface area (Å²) >= 11 is 0. The van der Waals surface area contributed by atoms with Gasteiger partial charge >= 0.3 is 0 Å². The van der Waals surface area contributed by atoms with E-state index in [0.717, 1.165) is 6.42 Å². The Kier molecular flexibility index (Phi) is 2.98. The summed E-state index contributed by atoms with van der Waals surface area (Å²) in [6.07, 6.45) is 16.9. The Hall–Kier alpha value is -1.83. The van der Waals surface area contributed by atoms with Crippen molar-refractivity contribution in [3.05, 3.63) is 59.9 Å². The number of fused-ring (bicyclic) bond motifs is 2. The largest absolute Gasteiger partial charge is 0.481 e. The highest BCUT2D eigenvalue weighted by Crippen LogP contribution is 2.18. The van der Waals surface area contributed by atoms with Crippen molar-refractivity contribution in [3.8, 4) is 0 Å². The quantitative estimate of drug-likeness (QED) is 0.587. The molecule has 2 aliphatic rings. The van der Waals surface area contributed by atoms with Crippen LogP contribution < -0.4 is 0 Å². The molecular formula is C13H13NO. The molecule has 0 fully saturated rings. The van der Waals surface area contributed by atoms with Gasteiger partial charge in [0, 0.05) is 12.3 Å². The molecule has 1 aliphatic heterocycles. The molecule has 0 spiro atoms. The van der Waals surface area contributed by atoms with Gasteiger partial charge in [-0.05, 0) is 23.6 Å². The Labute approximate surface area is 89.7 Å². The zero-order valence-corrected chi connectivity index (χ0v) is 8.68. The second kappa shape index (κ2) is 4.60. The van der Waals surface area contributed by atoms with Gasteiger partial charge in [-0.3, -0.25) is 0 Å². The molecule has 0 atom stereocenters. The van der Waals surface area contributed by atoms with E-state index in [2.05, 4.69) is 17.1 Å². The fourth-order valence-corrected chi connectivity index (χ4v) is 1.49. The van der Waals surface area contributed by atoms with Gasteiger partial charge in [0.15, 0.2) is 0 Å². The zero-order chi connectivity index (χ0) is 10.5. The van der Waals surface area contributed by atoms with Crippen molar-refractivity contribution in [2.75, 3.05) is 7.11 Å². The number of ether oxygens (including phenoxy) is 1. The smallest absolute Gasteiger partial charge is 0.212 e. The van der Waals surface area contributed by atoms with Gasteiger partial charge in [-0.15, -0.1) is 0 Å². The van der Waals surface area contributed by atoms with Crippen molar-refractivity contribution >= 4 is 5.90 Å². The molecule has 0 saturated heterocycles. The molecule has 0 aromatic carbocycles. The van der Waals surface area contributed by atoms with Gasteiger partial charge in [-0.25, -0.2) is 4.99 Å². The Morgan fingerprint density at radius 2 is 1.80 bits per heavy atom. The maximum Gasteiger partial charge on any atom is 0.212 e. The lowest BCUT2D eigenvalue weighted by Crippen LogP contribution is -1.94. The number of nitrogens with zero attached hydrogens (tertiary/aromatic N) is 1. The van der Waals surface area contributed by atoms with E-state index in [1.54, 1.807) is 13.3 Å². The van der Waals surface area contributed by atoms with E-state index in [1.807, 2.05) is 30.4 Å². The van der Waals surface area contributed by atoms with Crippen LogP contribution in [0.25, 0.3) is 0 Å². The van der Waals surface area contributed by atoms with Gasteiger partial charge in [0.1, 0.15) is 0 Å². The van der Waals surface area contributed by atoms with Crippen LogP contribution in [0.3, 0.4) is 0 Å². The van der Waals surface area contributed by atoms with Crippen LogP contribution in [-0.4, -0.2) is 13.0 Å². The molecule has 2 heteroatoms. The highest BCUT2D eigenvalue weighted by Gasteiger charge is 2.01. The average molecular weight is 199 g/mol. The van der Waals surface area contributed by atoms with Gasteiger partial charge in [-0.1, -0.05) is 30.4 Å². The Morgan fingerprint density at radius 1 is 1.07 bits per heavy atom. The monoisotopic (exact) mass is 199 g/mol. The van der Waals surface area contributed by atoms with Crippen molar-refractivity contribution in [1.82, 2.24) is 0 Å². The molecule has 0 saturated carbocycles. The first-order chi connectivity index (χ1) is 7.38. The SMILES string of the molecule is COC1=N/C=C\C2=CC=CC=C(/C=C\1)C2. The van der Waals surface area contributed by atoms with Crippen LogP contribution in [0.2, 0.25) is 0 Å². The fourth-order valence-electron chi connectivity index (χ4n) is 1.49. The lowest BCUT2D eigenvalue weighted by Gasteiger charge is -1.99. The third-order valence-corrected chi connectivity index (χ3v) is 2.28. The summed E-state index contributed by atoms with van der Waals surface area (Å²) in [7, 11) is 1.63. The van der Waals surface area contributed by atoms with E-state index in [0.29, 0.717) is 5.90 Å². The molecular weight excluding hydrogens is 186 g/mol. The normalized spacial score (nSPS) is 26.9. The van der Waals surface area contributed by atoms with Gasteiger partial charge in [0.05, 0.1) is 7.11 Å². The molecule has 76 valence electrons. The molecule has 0 N–H and O–H groups in total. The van der Waals surface area contributed by atoms with Crippen molar-refractivity contribution < 1.29 is 4.74 Å². The first-order valence-corrected chi connectivity index (χ1v) is 4.91. The Morgan fingerprint density at radius 3 is 2.53 bits per heavy atom. The van der Waals surface area contributed by atoms with Crippen LogP contribution >= 0.6 is 0 Å². The molecule has 0 aromatic rings. The number of hydrogen-bond acceptors (Lipinski definition) is 2. The predicted molar refractivity (Wildman–Crippen MR) is 62.6 cm³/mol. The van der Waals surface area contributed by atoms with E-state index < -0.39 is 0 Å². The lowest BCUT2D eigenvalue weighted by molar-refractivity contribution is 0.407. The van der Waals surface area contributed by atoms with E-state index >= 15 is 0 Å². The molecule has 0 aromatic heterocycles. The summed E-state index contributed by atoms with van der Waals surface area (Å²) in [6, 6.07) is 0. The van der Waals surface area contributed by atoms with Gasteiger partial charge in [-0.2, -0.15) is 0 Å². The van der Waals surface area contributed by atoms with Crippen molar-refractivity contribution in [2.24, 2.45) is 4.99 Å². The second-order valence-corrected chi connectivity index (χ2v) is 3.37. The van der Waals surface area contributed by atoms with E-state index in [1.165, 1.54) is 11.1 Å². The number of methoxy groups -OCH3 is 1. The highest BCUT2D eigenvalue weighted by molar-refractivity contribution is 5.88. The number of allylic oxidation sites excluding steroid dienone is 8. The maximum absolute atomic E-state index is 5.11. The standard InChI is InChI=1S/C13H13NO/c1-15-13-7-6-11-4-2-3-5-12(10-11)8-9-14-13/h2-9H,10H2,1H3/b7-6-,9-8-,11-6?,12-8?,13-7?,14-9?,14-13+. The molecule has 0 unspecified atom stereocenters. The minimum absolute atomic E-state index is 0.628. The molecule has 1 aliphatic carbocycles. The molecule has 1 heterocycles. The van der Waals surface area contributed by atoms with Crippen LogP contribution in [0.4, 0.5) is 0 Å². The lowest BCUT2D eigenvalue weighted by atomic mass is 10.1. The summed E-state index contributed by atoms with van der Waals surface area (Å²) in [4.78, 5) is 4.19. The minimum Gasteiger partial charge on any atom is -0.481 e. The summed E-state index contributed by atoms with van der Waals surface area (Å²) in [5.41, 5.74) is 2.51. The molecule has 0 radical (unpaired) electrons. The summed E-state index contributed by atoms with van der Waals surface area (Å²) in [5, 5.41) is 0. The van der Waals surface area contributed by atoms with Crippen LogP contribution in [0.1, 0.15) is 6.42 Å². The van der Waals surface area contributed by atoms with Crippen molar-refractivity contribution in [2.45, 2.75) is 6.42 Å². The summed E-state index contributed by atoms with van der Waals surface area (Å²) in [5.74, 6) is 0.628. The molecule has 2 rings (SSSR count). The summed E-state index contributed by atoms with van der Waals surface area (Å²) in [6.45, 7) is 0. The van der Waals surface area contributed by atoms with Gasteiger partial charge in [0.2, 0.25) is 5.90 Å². The average Bonchev–Trinajstić information content (AvgIpc) is 2.41. The van der Waals surface area contributed by atoms with Crippen molar-refractivity contribution in [3.63, 3.8) is 0 Å². The zero-order valence-electron chi connectivity index (χ0n) is 8.68. The number of aliphatic imine (C=N–C) groups is 1. The maximum atomic E-state index is 5.11. The van der Waals surface area contributed by atoms with E-state index in [9.17, 15) is 0 Å². The third kappa shape index (κ3) is 2.56. The highest BCUT2D eigenvalue weighted by atomic mass is 16.5. The van der Waals surface area contributed by atoms with Crippen LogP contribution in [0, 0.1) is 0 Å².